The highest BCUT2D eigenvalue weighted by Crippen LogP contribution is 2.39. The van der Waals surface area contributed by atoms with Crippen LogP contribution >= 0.6 is 0 Å². The van der Waals surface area contributed by atoms with Crippen LogP contribution < -0.4 is 0 Å². The Morgan fingerprint density at radius 3 is 2.33 bits per heavy atom. The third-order valence-corrected chi connectivity index (χ3v) is 6.89. The molecule has 2 aromatic carbocycles. The quantitative estimate of drug-likeness (QED) is 0.396. The predicted molar refractivity (Wildman–Crippen MR) is 104 cm³/mol. The number of unbranched alkanes of at least 4 members (excludes halogenated alkanes) is 1. The summed E-state index contributed by atoms with van der Waals surface area (Å²) in [6, 6.07) is 15.9. The number of benzene rings is 2. The number of carbonyl (C=O) groups is 1. The second-order valence-electron chi connectivity index (χ2n) is 6.91. The molecule has 6 heteroatoms. The van der Waals surface area contributed by atoms with E-state index in [9.17, 15) is 13.2 Å². The maximum absolute atomic E-state index is 12.9. The molecular weight excluding hydrogens is 362 g/mol. The van der Waals surface area contributed by atoms with E-state index in [4.69, 9.17) is 4.74 Å². The van der Waals surface area contributed by atoms with E-state index in [0.717, 1.165) is 24.8 Å². The number of ether oxygens (including phenoxy) is 1. The summed E-state index contributed by atoms with van der Waals surface area (Å²) in [7, 11) is -2.40. The first-order valence-corrected chi connectivity index (χ1v) is 10.6. The van der Waals surface area contributed by atoms with Gasteiger partial charge in [0.05, 0.1) is 18.0 Å². The predicted octanol–water partition coefficient (Wildman–Crippen LogP) is 3.32. The molecule has 1 heterocycles. The summed E-state index contributed by atoms with van der Waals surface area (Å²) in [5, 5.41) is 0. The zero-order valence-corrected chi connectivity index (χ0v) is 16.5. The number of methoxy groups -OCH3 is 1. The molecule has 0 bridgehead atoms. The number of hydrogen-bond donors (Lipinski definition) is 0. The first-order chi connectivity index (χ1) is 12.9. The van der Waals surface area contributed by atoms with E-state index in [-0.39, 0.29) is 10.9 Å². The zero-order chi connectivity index (χ0) is 19.4. The summed E-state index contributed by atoms with van der Waals surface area (Å²) >= 11 is 0. The van der Waals surface area contributed by atoms with E-state index in [1.807, 2.05) is 25.1 Å². The number of aryl methyl sites for hydroxylation is 2. The van der Waals surface area contributed by atoms with E-state index >= 15 is 0 Å². The van der Waals surface area contributed by atoms with Gasteiger partial charge in [-0.1, -0.05) is 54.4 Å². The van der Waals surface area contributed by atoms with Gasteiger partial charge in [0.2, 0.25) is 10.0 Å². The SMILES string of the molecule is COC(=O)[C@H]1[C@H](CCCCc2ccccc2)N1S(=O)(=O)c1ccc(C)cc1. The van der Waals surface area contributed by atoms with Gasteiger partial charge in [-0.15, -0.1) is 0 Å². The molecule has 0 spiro atoms. The van der Waals surface area contributed by atoms with Crippen molar-refractivity contribution in [3.8, 4) is 0 Å². The lowest BCUT2D eigenvalue weighted by molar-refractivity contribution is -0.140. The van der Waals surface area contributed by atoms with Crippen LogP contribution in [-0.4, -0.2) is 37.9 Å². The van der Waals surface area contributed by atoms with Crippen molar-refractivity contribution in [2.75, 3.05) is 7.11 Å². The van der Waals surface area contributed by atoms with Crippen molar-refractivity contribution in [3.05, 3.63) is 65.7 Å². The molecule has 1 unspecified atom stereocenters. The molecule has 3 atom stereocenters. The molecule has 27 heavy (non-hydrogen) atoms. The van der Waals surface area contributed by atoms with Crippen LogP contribution in [0.2, 0.25) is 0 Å². The van der Waals surface area contributed by atoms with Gasteiger partial charge in [0.25, 0.3) is 0 Å². The summed E-state index contributed by atoms with van der Waals surface area (Å²) in [4.78, 5) is 12.3. The number of hydrogen-bond acceptors (Lipinski definition) is 4. The van der Waals surface area contributed by atoms with E-state index in [1.165, 1.54) is 17.0 Å². The monoisotopic (exact) mass is 387 g/mol. The molecule has 1 aliphatic rings. The molecule has 1 saturated heterocycles. The first-order valence-electron chi connectivity index (χ1n) is 9.17. The molecule has 1 aliphatic heterocycles. The minimum atomic E-state index is -3.69. The van der Waals surface area contributed by atoms with Crippen LogP contribution in [0.15, 0.2) is 59.5 Å². The zero-order valence-electron chi connectivity index (χ0n) is 15.7. The van der Waals surface area contributed by atoms with E-state index < -0.39 is 22.0 Å². The molecule has 144 valence electrons. The average molecular weight is 388 g/mol. The van der Waals surface area contributed by atoms with E-state index in [0.29, 0.717) is 6.42 Å². The lowest BCUT2D eigenvalue weighted by Gasteiger charge is -2.07. The van der Waals surface area contributed by atoms with Gasteiger partial charge in [0.15, 0.2) is 0 Å². The normalized spacial score (nSPS) is 21.6. The van der Waals surface area contributed by atoms with Crippen molar-refractivity contribution in [3.63, 3.8) is 0 Å². The van der Waals surface area contributed by atoms with Crippen molar-refractivity contribution in [2.45, 2.75) is 49.6 Å². The molecule has 0 amide bonds. The second-order valence-corrected chi connectivity index (χ2v) is 8.76. The van der Waals surface area contributed by atoms with Crippen molar-refractivity contribution in [1.82, 2.24) is 4.31 Å². The maximum atomic E-state index is 12.9. The summed E-state index contributed by atoms with van der Waals surface area (Å²) in [6.07, 6.45) is 3.40. The van der Waals surface area contributed by atoms with Gasteiger partial charge < -0.3 is 4.74 Å². The Balaban J connectivity index is 1.64. The van der Waals surface area contributed by atoms with Gasteiger partial charge in [0.1, 0.15) is 6.04 Å². The molecule has 1 fully saturated rings. The van der Waals surface area contributed by atoms with Gasteiger partial charge in [-0.25, -0.2) is 8.42 Å². The molecule has 0 aliphatic carbocycles. The minimum absolute atomic E-state index is 0.216. The molecule has 0 aromatic heterocycles. The molecule has 2 aromatic rings. The van der Waals surface area contributed by atoms with Gasteiger partial charge in [-0.2, -0.15) is 4.31 Å². The maximum Gasteiger partial charge on any atom is 0.325 e. The standard InChI is InChI=1S/C21H25NO4S/c1-16-12-14-18(15-13-16)27(24,25)22-19(20(22)21(23)26-2)11-7-6-10-17-8-4-3-5-9-17/h3-5,8-9,12-15,19-20H,6-7,10-11H2,1-2H3/t19-,20+,22?/m0/s1. The van der Waals surface area contributed by atoms with Crippen LogP contribution in [0, 0.1) is 6.92 Å². The average Bonchev–Trinajstić information content (AvgIpc) is 3.41. The van der Waals surface area contributed by atoms with Gasteiger partial charge in [-0.3, -0.25) is 4.79 Å². The molecule has 5 nitrogen and oxygen atoms in total. The van der Waals surface area contributed by atoms with Crippen LogP contribution in [0.3, 0.4) is 0 Å². The number of nitrogens with zero attached hydrogens (tertiary/aromatic N) is 1. The van der Waals surface area contributed by atoms with Crippen LogP contribution in [0.4, 0.5) is 0 Å². The smallest absolute Gasteiger partial charge is 0.325 e. The topological polar surface area (TPSA) is 63.5 Å². The van der Waals surface area contributed by atoms with Crippen LogP contribution in [0.5, 0.6) is 0 Å². The highest BCUT2D eigenvalue weighted by Gasteiger charge is 2.59. The highest BCUT2D eigenvalue weighted by atomic mass is 32.2. The highest BCUT2D eigenvalue weighted by molar-refractivity contribution is 7.89. The number of carbonyl (C=O) groups excluding carboxylic acids is 1. The Kier molecular flexibility index (Phi) is 5.97. The number of esters is 1. The van der Waals surface area contributed by atoms with E-state index in [2.05, 4.69) is 12.1 Å². The lowest BCUT2D eigenvalue weighted by atomic mass is 10.1. The molecular formula is C21H25NO4S. The van der Waals surface area contributed by atoms with E-state index in [1.54, 1.807) is 24.3 Å². The Morgan fingerprint density at radius 2 is 1.70 bits per heavy atom. The lowest BCUT2D eigenvalue weighted by Crippen LogP contribution is -2.20. The number of rotatable bonds is 8. The summed E-state index contributed by atoms with van der Waals surface area (Å²) in [6.45, 7) is 1.90. The fraction of sp³-hybridized carbons (Fsp3) is 0.381. The van der Waals surface area contributed by atoms with Crippen molar-refractivity contribution in [2.24, 2.45) is 0 Å². The van der Waals surface area contributed by atoms with Crippen molar-refractivity contribution in [1.29, 1.82) is 0 Å². The van der Waals surface area contributed by atoms with Gasteiger partial charge in [0, 0.05) is 0 Å². The minimum Gasteiger partial charge on any atom is -0.468 e. The fourth-order valence-corrected chi connectivity index (χ4v) is 5.18. The van der Waals surface area contributed by atoms with Crippen molar-refractivity contribution >= 4 is 16.0 Å². The third-order valence-electron chi connectivity index (χ3n) is 4.97. The molecule has 3 rings (SSSR count). The Morgan fingerprint density at radius 1 is 1.04 bits per heavy atom. The molecule has 0 saturated carbocycles. The fourth-order valence-electron chi connectivity index (χ4n) is 3.41. The van der Waals surface area contributed by atoms with Crippen LogP contribution in [0.1, 0.15) is 30.4 Å². The Labute approximate surface area is 161 Å². The van der Waals surface area contributed by atoms with Crippen LogP contribution in [-0.2, 0) is 26.0 Å². The summed E-state index contributed by atoms with van der Waals surface area (Å²) in [5.41, 5.74) is 2.25. The molecule has 0 radical (unpaired) electrons. The Bertz CT molecular complexity index is 878. The van der Waals surface area contributed by atoms with Crippen molar-refractivity contribution < 1.29 is 17.9 Å². The second kappa shape index (κ2) is 8.23. The Hall–Kier alpha value is -2.18. The largest absolute Gasteiger partial charge is 0.468 e. The van der Waals surface area contributed by atoms with Crippen LogP contribution in [0.25, 0.3) is 0 Å². The first kappa shape index (κ1) is 19.6. The van der Waals surface area contributed by atoms with Gasteiger partial charge >= 0.3 is 5.97 Å². The van der Waals surface area contributed by atoms with Gasteiger partial charge in [-0.05, 0) is 43.9 Å². The third kappa shape index (κ3) is 4.39. The number of sulfonamides is 1. The summed E-state index contributed by atoms with van der Waals surface area (Å²) < 4.78 is 32.0. The summed E-state index contributed by atoms with van der Waals surface area (Å²) in [5.74, 6) is -0.487. The molecule has 0 N–H and O–H groups in total.